The van der Waals surface area contributed by atoms with Crippen molar-refractivity contribution in [2.24, 2.45) is 11.5 Å². The van der Waals surface area contributed by atoms with Crippen molar-refractivity contribution < 1.29 is 29.7 Å². The lowest BCUT2D eigenvalue weighted by molar-refractivity contribution is -0.143. The number of likely N-dealkylation sites (tertiary alicyclic amines) is 1. The summed E-state index contributed by atoms with van der Waals surface area (Å²) in [6.45, 7) is 1.46. The van der Waals surface area contributed by atoms with Crippen LogP contribution in [0.15, 0.2) is 0 Å². The molecule has 9 heteroatoms. The van der Waals surface area contributed by atoms with Gasteiger partial charge in [0.15, 0.2) is 5.66 Å². The number of rotatable bonds is 6. The van der Waals surface area contributed by atoms with Crippen LogP contribution in [0.4, 0.5) is 4.79 Å². The molecule has 0 saturated carbocycles. The van der Waals surface area contributed by atoms with Gasteiger partial charge in [-0.3, -0.25) is 4.79 Å². The lowest BCUT2D eigenvalue weighted by Crippen LogP contribution is -2.56. The van der Waals surface area contributed by atoms with E-state index in [1.54, 1.807) is 0 Å². The van der Waals surface area contributed by atoms with Gasteiger partial charge in [-0.1, -0.05) is 0 Å². The number of piperidine rings is 1. The fourth-order valence-electron chi connectivity index (χ4n) is 1.89. The van der Waals surface area contributed by atoms with Crippen LogP contribution in [0.2, 0.25) is 0 Å². The van der Waals surface area contributed by atoms with Crippen LogP contribution in [0, 0.1) is 0 Å². The van der Waals surface area contributed by atoms with Crippen LogP contribution in [-0.2, 0) is 9.59 Å². The SMILES string of the molecule is NC(N)(CCCCC(=O)O)C(=O)O.O=C(O)N1CCCCC1. The summed E-state index contributed by atoms with van der Waals surface area (Å²) in [4.78, 5) is 32.2. The van der Waals surface area contributed by atoms with Crippen molar-refractivity contribution >= 4 is 18.0 Å². The smallest absolute Gasteiger partial charge is 0.407 e. The van der Waals surface area contributed by atoms with Crippen molar-refractivity contribution in [3.63, 3.8) is 0 Å². The summed E-state index contributed by atoms with van der Waals surface area (Å²) in [5.41, 5.74) is 8.68. The van der Waals surface area contributed by atoms with Crippen LogP contribution < -0.4 is 11.5 Å². The largest absolute Gasteiger partial charge is 0.481 e. The summed E-state index contributed by atoms with van der Waals surface area (Å²) >= 11 is 0. The average molecular weight is 319 g/mol. The molecule has 0 bridgehead atoms. The molecule has 1 aliphatic heterocycles. The molecule has 0 radical (unpaired) electrons. The molecule has 7 N–H and O–H groups in total. The van der Waals surface area contributed by atoms with Gasteiger partial charge in [-0.15, -0.1) is 0 Å². The standard InChI is InChI=1S/C7H14N2O4.C6H11NO2/c8-7(9,6(12)13)4-2-1-3-5(10)11;8-6(9)7-4-2-1-3-5-7/h1-4,8-9H2,(H,10,11)(H,12,13);1-5H2,(H,8,9). The molecule has 0 aromatic heterocycles. The van der Waals surface area contributed by atoms with Gasteiger partial charge in [0.2, 0.25) is 0 Å². The minimum Gasteiger partial charge on any atom is -0.481 e. The Morgan fingerprint density at radius 3 is 1.86 bits per heavy atom. The highest BCUT2D eigenvalue weighted by molar-refractivity contribution is 5.77. The van der Waals surface area contributed by atoms with E-state index in [1.807, 2.05) is 0 Å². The van der Waals surface area contributed by atoms with Crippen LogP contribution in [0.25, 0.3) is 0 Å². The van der Waals surface area contributed by atoms with Crippen molar-refractivity contribution in [3.05, 3.63) is 0 Å². The minimum absolute atomic E-state index is 0.00962. The number of carboxylic acids is 2. The molecule has 1 amide bonds. The highest BCUT2D eigenvalue weighted by atomic mass is 16.4. The third-order valence-corrected chi connectivity index (χ3v) is 3.26. The third-order valence-electron chi connectivity index (χ3n) is 3.26. The summed E-state index contributed by atoms with van der Waals surface area (Å²) in [6, 6.07) is 0. The molecule has 0 aliphatic carbocycles. The Hall–Kier alpha value is -1.87. The predicted octanol–water partition coefficient (Wildman–Crippen LogP) is 0.480. The summed E-state index contributed by atoms with van der Waals surface area (Å²) in [5.74, 6) is -2.18. The average Bonchev–Trinajstić information content (AvgIpc) is 2.45. The van der Waals surface area contributed by atoms with Crippen molar-refractivity contribution in [1.82, 2.24) is 4.90 Å². The van der Waals surface area contributed by atoms with E-state index in [4.69, 9.17) is 26.8 Å². The third kappa shape index (κ3) is 9.14. The number of nitrogens with zero attached hydrogens (tertiary/aromatic N) is 1. The van der Waals surface area contributed by atoms with E-state index in [9.17, 15) is 14.4 Å². The maximum atomic E-state index is 10.4. The van der Waals surface area contributed by atoms with Crippen LogP contribution in [-0.4, -0.2) is 57.0 Å². The van der Waals surface area contributed by atoms with Gasteiger partial charge in [0.1, 0.15) is 0 Å². The first kappa shape index (κ1) is 20.1. The number of carbonyl (C=O) groups is 3. The lowest BCUT2D eigenvalue weighted by atomic mass is 10.0. The van der Waals surface area contributed by atoms with E-state index in [0.717, 1.165) is 25.9 Å². The number of hydrogen-bond acceptors (Lipinski definition) is 5. The molecule has 0 spiro atoms. The summed E-state index contributed by atoms with van der Waals surface area (Å²) in [6.07, 6.45) is 3.35. The number of amides is 1. The number of aliphatic carboxylic acids is 2. The fourth-order valence-corrected chi connectivity index (χ4v) is 1.89. The van der Waals surface area contributed by atoms with E-state index in [2.05, 4.69) is 0 Å². The monoisotopic (exact) mass is 319 g/mol. The number of carboxylic acid groups (broad SMARTS) is 3. The molecule has 0 aromatic rings. The fraction of sp³-hybridized carbons (Fsp3) is 0.769. The highest BCUT2D eigenvalue weighted by Gasteiger charge is 2.27. The maximum absolute atomic E-state index is 10.4. The van der Waals surface area contributed by atoms with Gasteiger partial charge < -0.3 is 31.7 Å². The predicted molar refractivity (Wildman–Crippen MR) is 78.3 cm³/mol. The van der Waals surface area contributed by atoms with Crippen molar-refractivity contribution in [2.75, 3.05) is 13.1 Å². The molecule has 0 unspecified atom stereocenters. The zero-order valence-corrected chi connectivity index (χ0v) is 12.5. The Balaban J connectivity index is 0.000000425. The lowest BCUT2D eigenvalue weighted by Gasteiger charge is -2.22. The first-order valence-electron chi connectivity index (χ1n) is 7.17. The molecular weight excluding hydrogens is 294 g/mol. The molecule has 1 saturated heterocycles. The zero-order chi connectivity index (χ0) is 17.2. The normalized spacial score (nSPS) is 14.7. The summed E-state index contributed by atoms with van der Waals surface area (Å²) in [7, 11) is 0. The Kier molecular flexibility index (Phi) is 9.11. The van der Waals surface area contributed by atoms with Crippen LogP contribution >= 0.6 is 0 Å². The van der Waals surface area contributed by atoms with E-state index >= 15 is 0 Å². The molecule has 1 rings (SSSR count). The summed E-state index contributed by atoms with van der Waals surface area (Å²) < 4.78 is 0. The molecule has 1 aliphatic rings. The molecule has 22 heavy (non-hydrogen) atoms. The van der Waals surface area contributed by atoms with Crippen molar-refractivity contribution in [2.45, 2.75) is 50.6 Å². The molecule has 1 heterocycles. The Labute approximate surface area is 128 Å². The Morgan fingerprint density at radius 1 is 0.955 bits per heavy atom. The molecular formula is C13H25N3O6. The Bertz CT molecular complexity index is 380. The van der Waals surface area contributed by atoms with Gasteiger partial charge in [-0.05, 0) is 38.5 Å². The maximum Gasteiger partial charge on any atom is 0.407 e. The second kappa shape index (κ2) is 9.96. The zero-order valence-electron chi connectivity index (χ0n) is 12.5. The quantitative estimate of drug-likeness (QED) is 0.348. The molecule has 9 nitrogen and oxygen atoms in total. The van der Waals surface area contributed by atoms with E-state index < -0.39 is 23.7 Å². The van der Waals surface area contributed by atoms with Gasteiger partial charge in [0.25, 0.3) is 0 Å². The molecule has 128 valence electrons. The van der Waals surface area contributed by atoms with Crippen molar-refractivity contribution in [3.8, 4) is 0 Å². The highest BCUT2D eigenvalue weighted by Crippen LogP contribution is 2.08. The second-order valence-corrected chi connectivity index (χ2v) is 5.28. The van der Waals surface area contributed by atoms with Gasteiger partial charge in [-0.25, -0.2) is 9.59 Å². The number of hydrogen-bond donors (Lipinski definition) is 5. The number of unbranched alkanes of at least 4 members (excludes halogenated alkanes) is 1. The van der Waals surface area contributed by atoms with E-state index in [-0.39, 0.29) is 12.8 Å². The van der Waals surface area contributed by atoms with Crippen molar-refractivity contribution in [1.29, 1.82) is 0 Å². The first-order chi connectivity index (χ1) is 10.2. The first-order valence-corrected chi connectivity index (χ1v) is 7.17. The van der Waals surface area contributed by atoms with Gasteiger partial charge >= 0.3 is 18.0 Å². The number of nitrogens with two attached hydrogens (primary N) is 2. The van der Waals surface area contributed by atoms with Crippen LogP contribution in [0.1, 0.15) is 44.9 Å². The van der Waals surface area contributed by atoms with E-state index in [0.29, 0.717) is 12.8 Å². The second-order valence-electron chi connectivity index (χ2n) is 5.28. The van der Waals surface area contributed by atoms with Gasteiger partial charge in [0, 0.05) is 19.5 Å². The minimum atomic E-state index is -1.74. The topological polar surface area (TPSA) is 167 Å². The van der Waals surface area contributed by atoms with Crippen LogP contribution in [0.3, 0.4) is 0 Å². The van der Waals surface area contributed by atoms with Crippen LogP contribution in [0.5, 0.6) is 0 Å². The summed E-state index contributed by atoms with van der Waals surface area (Å²) in [5, 5.41) is 25.2. The molecule has 0 atom stereocenters. The molecule has 0 aromatic carbocycles. The van der Waals surface area contributed by atoms with E-state index in [1.165, 1.54) is 11.3 Å². The Morgan fingerprint density at radius 2 is 1.50 bits per heavy atom. The van der Waals surface area contributed by atoms with Gasteiger partial charge in [-0.2, -0.15) is 0 Å². The van der Waals surface area contributed by atoms with Gasteiger partial charge in [0.05, 0.1) is 0 Å². The molecule has 1 fully saturated rings.